The topological polar surface area (TPSA) is 138 Å². The number of aromatic nitrogens is 2. The van der Waals surface area contributed by atoms with Gasteiger partial charge in [-0.2, -0.15) is 5.10 Å². The van der Waals surface area contributed by atoms with Crippen LogP contribution < -0.4 is 10.3 Å². The molecule has 0 fully saturated rings. The molecule has 0 amide bonds. The van der Waals surface area contributed by atoms with Gasteiger partial charge >= 0.3 is 0 Å². The zero-order valence-electron chi connectivity index (χ0n) is 14.6. The summed E-state index contributed by atoms with van der Waals surface area (Å²) in [7, 11) is -7.19. The van der Waals surface area contributed by atoms with Gasteiger partial charge in [0, 0.05) is 17.7 Å². The molecule has 1 heterocycles. The molecule has 0 aliphatic heterocycles. The molecular formula is C17H19BrN4O4S2. The van der Waals surface area contributed by atoms with Gasteiger partial charge in [-0.05, 0) is 41.5 Å². The lowest BCUT2D eigenvalue weighted by atomic mass is 10.2. The SMILES string of the molecule is NS(=O)(=O)c1cccc(CBr)c1.NS(=O)(=O)c1cccc(Cn2cccn2)c1. The molecule has 3 rings (SSSR count). The summed E-state index contributed by atoms with van der Waals surface area (Å²) in [5.74, 6) is 0. The number of halogens is 1. The summed E-state index contributed by atoms with van der Waals surface area (Å²) in [6, 6.07) is 14.8. The van der Waals surface area contributed by atoms with Gasteiger partial charge in [0.15, 0.2) is 0 Å². The Morgan fingerprint density at radius 1 is 0.857 bits per heavy atom. The summed E-state index contributed by atoms with van der Waals surface area (Å²) in [6.07, 6.45) is 3.48. The minimum atomic E-state index is -3.63. The van der Waals surface area contributed by atoms with Crippen LogP contribution in [0.2, 0.25) is 0 Å². The first-order valence-electron chi connectivity index (χ1n) is 7.86. The first-order valence-corrected chi connectivity index (χ1v) is 12.1. The molecule has 0 aliphatic rings. The second kappa shape index (κ2) is 9.43. The number of hydrogen-bond donors (Lipinski definition) is 2. The minimum Gasteiger partial charge on any atom is -0.268 e. The Bertz CT molecular complexity index is 1130. The molecule has 3 aromatic rings. The van der Waals surface area contributed by atoms with Gasteiger partial charge in [0.05, 0.1) is 16.3 Å². The standard InChI is InChI=1S/C10H11N3O2S.C7H8BrNO2S/c11-16(14,15)10-4-1-3-9(7-10)8-13-6-2-5-12-13;8-5-6-2-1-3-7(4-6)12(9,10)11/h1-7H,8H2,(H2,11,14,15);1-4H,5H2,(H2,9,10,11). The monoisotopic (exact) mass is 486 g/mol. The van der Waals surface area contributed by atoms with E-state index in [9.17, 15) is 16.8 Å². The summed E-state index contributed by atoms with van der Waals surface area (Å²) < 4.78 is 45.7. The molecule has 0 saturated heterocycles. The van der Waals surface area contributed by atoms with Crippen LogP contribution in [-0.2, 0) is 31.9 Å². The molecular weight excluding hydrogens is 468 g/mol. The van der Waals surface area contributed by atoms with Crippen molar-refractivity contribution in [3.05, 3.63) is 78.1 Å². The van der Waals surface area contributed by atoms with Gasteiger partial charge in [0.2, 0.25) is 20.0 Å². The fraction of sp³-hybridized carbons (Fsp3) is 0.118. The predicted molar refractivity (Wildman–Crippen MR) is 110 cm³/mol. The van der Waals surface area contributed by atoms with Crippen molar-refractivity contribution in [2.45, 2.75) is 21.7 Å². The number of hydrogen-bond acceptors (Lipinski definition) is 5. The number of benzene rings is 2. The van der Waals surface area contributed by atoms with E-state index < -0.39 is 20.0 Å². The van der Waals surface area contributed by atoms with Crippen molar-refractivity contribution in [1.29, 1.82) is 0 Å². The molecule has 0 spiro atoms. The minimum absolute atomic E-state index is 0.122. The molecule has 0 radical (unpaired) electrons. The largest absolute Gasteiger partial charge is 0.268 e. The van der Waals surface area contributed by atoms with E-state index in [1.165, 1.54) is 12.1 Å². The van der Waals surface area contributed by atoms with Gasteiger partial charge in [-0.1, -0.05) is 40.2 Å². The highest BCUT2D eigenvalue weighted by Gasteiger charge is 2.08. The Morgan fingerprint density at radius 2 is 1.39 bits per heavy atom. The van der Waals surface area contributed by atoms with Gasteiger partial charge in [-0.15, -0.1) is 0 Å². The van der Waals surface area contributed by atoms with Crippen LogP contribution in [0.15, 0.2) is 76.8 Å². The van der Waals surface area contributed by atoms with Crippen LogP contribution in [0.1, 0.15) is 11.1 Å². The molecule has 150 valence electrons. The summed E-state index contributed by atoms with van der Waals surface area (Å²) >= 11 is 3.22. The second-order valence-corrected chi connectivity index (χ2v) is 9.41. The first kappa shape index (κ1) is 22.2. The van der Waals surface area contributed by atoms with E-state index in [2.05, 4.69) is 21.0 Å². The Morgan fingerprint density at radius 3 is 1.86 bits per heavy atom. The number of sulfonamides is 2. The van der Waals surface area contributed by atoms with Gasteiger partial charge in [-0.3, -0.25) is 4.68 Å². The number of rotatable bonds is 5. The lowest BCUT2D eigenvalue weighted by Gasteiger charge is -2.04. The third kappa shape index (κ3) is 6.84. The molecule has 0 aliphatic carbocycles. The van der Waals surface area contributed by atoms with Crippen molar-refractivity contribution >= 4 is 36.0 Å². The zero-order chi connectivity index (χ0) is 20.8. The van der Waals surface area contributed by atoms with Crippen molar-refractivity contribution in [3.8, 4) is 0 Å². The Hall–Kier alpha value is -2.05. The maximum absolute atomic E-state index is 11.1. The van der Waals surface area contributed by atoms with Gasteiger partial charge in [0.25, 0.3) is 0 Å². The summed E-state index contributed by atoms with van der Waals surface area (Å²) in [5.41, 5.74) is 1.73. The van der Waals surface area contributed by atoms with E-state index in [0.717, 1.165) is 11.1 Å². The smallest absolute Gasteiger partial charge is 0.238 e. The molecule has 0 bridgehead atoms. The summed E-state index contributed by atoms with van der Waals surface area (Å²) in [4.78, 5) is 0.275. The Kier molecular flexibility index (Phi) is 7.49. The van der Waals surface area contributed by atoms with Crippen molar-refractivity contribution in [2.24, 2.45) is 10.3 Å². The van der Waals surface area contributed by atoms with E-state index in [-0.39, 0.29) is 9.79 Å². The van der Waals surface area contributed by atoms with Crippen LogP contribution >= 0.6 is 15.9 Å². The Balaban J connectivity index is 0.000000209. The Labute approximate surface area is 172 Å². The van der Waals surface area contributed by atoms with E-state index in [4.69, 9.17) is 10.3 Å². The van der Waals surface area contributed by atoms with Crippen LogP contribution in [0.5, 0.6) is 0 Å². The zero-order valence-corrected chi connectivity index (χ0v) is 17.9. The number of nitrogens with two attached hydrogens (primary N) is 2. The highest BCUT2D eigenvalue weighted by atomic mass is 79.9. The van der Waals surface area contributed by atoms with E-state index in [0.29, 0.717) is 11.9 Å². The lowest BCUT2D eigenvalue weighted by molar-refractivity contribution is 0.595. The third-order valence-corrected chi connectivity index (χ3v) is 5.98. The van der Waals surface area contributed by atoms with Crippen LogP contribution in [0.4, 0.5) is 0 Å². The van der Waals surface area contributed by atoms with Crippen molar-refractivity contribution in [1.82, 2.24) is 9.78 Å². The lowest BCUT2D eigenvalue weighted by Crippen LogP contribution is -2.12. The summed E-state index contributed by atoms with van der Waals surface area (Å²) in [5, 5.41) is 14.6. The molecule has 4 N–H and O–H groups in total. The van der Waals surface area contributed by atoms with Gasteiger partial charge < -0.3 is 0 Å². The van der Waals surface area contributed by atoms with Crippen molar-refractivity contribution in [3.63, 3.8) is 0 Å². The average Bonchev–Trinajstić information content (AvgIpc) is 3.14. The molecule has 8 nitrogen and oxygen atoms in total. The number of alkyl halides is 1. The van der Waals surface area contributed by atoms with Gasteiger partial charge in [-0.25, -0.2) is 27.1 Å². The van der Waals surface area contributed by atoms with E-state index >= 15 is 0 Å². The highest BCUT2D eigenvalue weighted by Crippen LogP contribution is 2.12. The van der Waals surface area contributed by atoms with E-state index in [1.807, 2.05) is 24.4 Å². The molecule has 0 atom stereocenters. The fourth-order valence-corrected chi connectivity index (χ4v) is 3.72. The van der Waals surface area contributed by atoms with Crippen LogP contribution in [0.25, 0.3) is 0 Å². The van der Waals surface area contributed by atoms with Crippen LogP contribution in [0, 0.1) is 0 Å². The quantitative estimate of drug-likeness (QED) is 0.529. The maximum atomic E-state index is 11.1. The second-order valence-electron chi connectivity index (χ2n) is 5.72. The van der Waals surface area contributed by atoms with Crippen LogP contribution in [0.3, 0.4) is 0 Å². The average molecular weight is 487 g/mol. The van der Waals surface area contributed by atoms with Crippen molar-refractivity contribution < 1.29 is 16.8 Å². The number of primary sulfonamides is 2. The molecule has 2 aromatic carbocycles. The normalized spacial score (nSPS) is 11.5. The predicted octanol–water partition coefficient (Wildman–Crippen LogP) is 1.81. The van der Waals surface area contributed by atoms with Crippen LogP contribution in [-0.4, -0.2) is 26.6 Å². The highest BCUT2D eigenvalue weighted by molar-refractivity contribution is 9.08. The molecule has 0 saturated carbocycles. The maximum Gasteiger partial charge on any atom is 0.238 e. The van der Waals surface area contributed by atoms with E-state index in [1.54, 1.807) is 35.1 Å². The van der Waals surface area contributed by atoms with Gasteiger partial charge in [0.1, 0.15) is 0 Å². The molecule has 1 aromatic heterocycles. The summed E-state index contributed by atoms with van der Waals surface area (Å²) in [6.45, 7) is 0.524. The molecule has 28 heavy (non-hydrogen) atoms. The van der Waals surface area contributed by atoms with Crippen molar-refractivity contribution in [2.75, 3.05) is 0 Å². The molecule has 11 heteroatoms. The number of nitrogens with zero attached hydrogens (tertiary/aromatic N) is 2. The third-order valence-electron chi connectivity index (χ3n) is 3.51. The fourth-order valence-electron chi connectivity index (χ4n) is 2.21. The molecule has 0 unspecified atom stereocenters. The first-order chi connectivity index (χ1) is 13.1.